The van der Waals surface area contributed by atoms with Gasteiger partial charge >= 0.3 is 0 Å². The lowest BCUT2D eigenvalue weighted by atomic mass is 10.1. The average molecular weight is 261 g/mol. The summed E-state index contributed by atoms with van der Waals surface area (Å²) >= 11 is 0. The Balaban J connectivity index is 1.71. The summed E-state index contributed by atoms with van der Waals surface area (Å²) in [6.45, 7) is 5.39. The van der Waals surface area contributed by atoms with Crippen LogP contribution in [0, 0.1) is 0 Å². The van der Waals surface area contributed by atoms with E-state index in [9.17, 15) is 0 Å². The smallest absolute Gasteiger partial charge is 0.122 e. The number of hydrogen-bond donors (Lipinski definition) is 1. The van der Waals surface area contributed by atoms with Crippen LogP contribution >= 0.6 is 0 Å². The summed E-state index contributed by atoms with van der Waals surface area (Å²) in [6, 6.07) is 7.04. The summed E-state index contributed by atoms with van der Waals surface area (Å²) < 4.78 is 5.53. The largest absolute Gasteiger partial charge is 0.493 e. The van der Waals surface area contributed by atoms with E-state index in [1.807, 2.05) is 0 Å². The van der Waals surface area contributed by atoms with Gasteiger partial charge in [-0.1, -0.05) is 39.0 Å². The van der Waals surface area contributed by atoms with Gasteiger partial charge in [-0.3, -0.25) is 0 Å². The van der Waals surface area contributed by atoms with Crippen molar-refractivity contribution in [1.82, 2.24) is 0 Å². The van der Waals surface area contributed by atoms with E-state index in [1.54, 1.807) is 0 Å². The third-order valence-corrected chi connectivity index (χ3v) is 3.84. The molecule has 0 aromatic heterocycles. The Morgan fingerprint density at radius 1 is 1.21 bits per heavy atom. The number of anilines is 1. The molecule has 2 rings (SSSR count). The minimum absolute atomic E-state index is 0.557. The van der Waals surface area contributed by atoms with E-state index in [4.69, 9.17) is 4.74 Å². The molecule has 1 aromatic carbocycles. The van der Waals surface area contributed by atoms with Crippen LogP contribution in [0.5, 0.6) is 5.75 Å². The van der Waals surface area contributed by atoms with E-state index < -0.39 is 0 Å². The van der Waals surface area contributed by atoms with Crippen LogP contribution in [0.1, 0.15) is 57.9 Å². The third-order valence-electron chi connectivity index (χ3n) is 3.84. The van der Waals surface area contributed by atoms with Gasteiger partial charge in [-0.15, -0.1) is 0 Å². The molecule has 0 spiro atoms. The number of hydrogen-bond acceptors (Lipinski definition) is 2. The van der Waals surface area contributed by atoms with Crippen LogP contribution in [0.4, 0.5) is 5.69 Å². The van der Waals surface area contributed by atoms with E-state index in [0.717, 1.165) is 18.8 Å². The maximum atomic E-state index is 5.53. The zero-order valence-corrected chi connectivity index (χ0v) is 12.4. The van der Waals surface area contributed by atoms with Gasteiger partial charge in [0.2, 0.25) is 0 Å². The van der Waals surface area contributed by atoms with Crippen molar-refractivity contribution in [2.24, 2.45) is 0 Å². The van der Waals surface area contributed by atoms with Crippen molar-refractivity contribution in [2.75, 3.05) is 11.9 Å². The van der Waals surface area contributed by atoms with Crippen molar-refractivity contribution < 1.29 is 4.74 Å². The van der Waals surface area contributed by atoms with Gasteiger partial charge in [-0.05, 0) is 37.1 Å². The number of ether oxygens (including phenoxy) is 1. The first-order valence-corrected chi connectivity index (χ1v) is 7.82. The quantitative estimate of drug-likeness (QED) is 0.680. The highest BCUT2D eigenvalue weighted by Gasteiger charge is 2.12. The second-order valence-electron chi connectivity index (χ2n) is 5.67. The monoisotopic (exact) mass is 261 g/mol. The number of fused-ring (bicyclic) bond motifs is 1. The first-order chi connectivity index (χ1) is 9.29. The molecule has 0 amide bonds. The predicted octanol–water partition coefficient (Wildman–Crippen LogP) is 4.78. The number of unbranched alkanes of at least 4 members (excludes halogenated alkanes) is 4. The Kier molecular flexibility index (Phi) is 5.56. The van der Waals surface area contributed by atoms with E-state index in [1.165, 1.54) is 49.8 Å². The second-order valence-corrected chi connectivity index (χ2v) is 5.67. The number of benzene rings is 1. The number of rotatable bonds is 8. The highest BCUT2D eigenvalue weighted by atomic mass is 16.5. The molecular formula is C17H27NO. The lowest BCUT2D eigenvalue weighted by molar-refractivity contribution is 0.357. The maximum Gasteiger partial charge on any atom is 0.122 e. The van der Waals surface area contributed by atoms with Crippen LogP contribution in [0.15, 0.2) is 18.2 Å². The molecule has 0 aliphatic carbocycles. The van der Waals surface area contributed by atoms with Crippen molar-refractivity contribution >= 4 is 5.69 Å². The van der Waals surface area contributed by atoms with E-state index >= 15 is 0 Å². The molecule has 2 heteroatoms. The predicted molar refractivity (Wildman–Crippen MR) is 82.1 cm³/mol. The molecule has 1 aliphatic heterocycles. The lowest BCUT2D eigenvalue weighted by Gasteiger charge is -2.15. The van der Waals surface area contributed by atoms with Gasteiger partial charge in [0, 0.05) is 18.2 Å². The molecule has 0 saturated heterocycles. The molecule has 1 aromatic rings. The summed E-state index contributed by atoms with van der Waals surface area (Å²) in [5.74, 6) is 1.07. The van der Waals surface area contributed by atoms with Gasteiger partial charge in [0.1, 0.15) is 5.75 Å². The molecule has 1 aliphatic rings. The summed E-state index contributed by atoms with van der Waals surface area (Å²) in [5, 5.41) is 3.61. The van der Waals surface area contributed by atoms with Gasteiger partial charge < -0.3 is 10.1 Å². The van der Waals surface area contributed by atoms with Gasteiger partial charge in [0.05, 0.1) is 6.61 Å². The molecule has 0 bridgehead atoms. The maximum absolute atomic E-state index is 5.53. The van der Waals surface area contributed by atoms with Crippen LogP contribution < -0.4 is 10.1 Å². The van der Waals surface area contributed by atoms with Crippen LogP contribution in [-0.4, -0.2) is 12.6 Å². The Morgan fingerprint density at radius 2 is 2.05 bits per heavy atom. The van der Waals surface area contributed by atoms with Crippen LogP contribution in [-0.2, 0) is 6.42 Å². The minimum atomic E-state index is 0.557. The molecule has 1 N–H and O–H groups in total. The average Bonchev–Trinajstić information content (AvgIpc) is 2.86. The molecule has 0 saturated carbocycles. The Bertz CT molecular complexity index is 389. The molecule has 0 fully saturated rings. The highest BCUT2D eigenvalue weighted by molar-refractivity contribution is 5.52. The van der Waals surface area contributed by atoms with Crippen molar-refractivity contribution in [3.05, 3.63) is 23.8 Å². The second kappa shape index (κ2) is 7.42. The van der Waals surface area contributed by atoms with Crippen molar-refractivity contribution in [3.63, 3.8) is 0 Å². The summed E-state index contributed by atoms with van der Waals surface area (Å²) in [7, 11) is 0. The fraction of sp³-hybridized carbons (Fsp3) is 0.647. The molecular weight excluding hydrogens is 234 g/mol. The SMILES string of the molecule is CCCCCCCC(C)Nc1ccc2c(c1)CCO2. The molecule has 19 heavy (non-hydrogen) atoms. The van der Waals surface area contributed by atoms with Gasteiger partial charge in [-0.2, -0.15) is 0 Å². The Labute approximate surface area is 117 Å². The van der Waals surface area contributed by atoms with E-state index in [2.05, 4.69) is 37.4 Å². The Hall–Kier alpha value is -1.18. The lowest BCUT2D eigenvalue weighted by Crippen LogP contribution is -2.14. The fourth-order valence-corrected chi connectivity index (χ4v) is 2.69. The topological polar surface area (TPSA) is 21.3 Å². The summed E-state index contributed by atoms with van der Waals surface area (Å²) in [5.41, 5.74) is 2.59. The van der Waals surface area contributed by atoms with Crippen molar-refractivity contribution in [1.29, 1.82) is 0 Å². The minimum Gasteiger partial charge on any atom is -0.493 e. The van der Waals surface area contributed by atoms with Crippen LogP contribution in [0.25, 0.3) is 0 Å². The van der Waals surface area contributed by atoms with Gasteiger partial charge in [0.25, 0.3) is 0 Å². The first-order valence-electron chi connectivity index (χ1n) is 7.82. The van der Waals surface area contributed by atoms with Crippen LogP contribution in [0.3, 0.4) is 0 Å². The third kappa shape index (κ3) is 4.45. The van der Waals surface area contributed by atoms with Gasteiger partial charge in [0.15, 0.2) is 0 Å². The number of nitrogens with one attached hydrogen (secondary N) is 1. The molecule has 1 unspecified atom stereocenters. The standard InChI is InChI=1S/C17H27NO/c1-3-4-5-6-7-8-14(2)18-16-9-10-17-15(13-16)11-12-19-17/h9-10,13-14,18H,3-8,11-12H2,1-2H3. The normalized spacial score (nSPS) is 14.8. The van der Waals surface area contributed by atoms with Crippen LogP contribution in [0.2, 0.25) is 0 Å². The summed E-state index contributed by atoms with van der Waals surface area (Å²) in [6.07, 6.45) is 9.12. The van der Waals surface area contributed by atoms with E-state index in [0.29, 0.717) is 6.04 Å². The summed E-state index contributed by atoms with van der Waals surface area (Å²) in [4.78, 5) is 0. The molecule has 106 valence electrons. The molecule has 1 atom stereocenters. The van der Waals surface area contributed by atoms with E-state index in [-0.39, 0.29) is 0 Å². The molecule has 2 nitrogen and oxygen atoms in total. The highest BCUT2D eigenvalue weighted by Crippen LogP contribution is 2.28. The Morgan fingerprint density at radius 3 is 2.89 bits per heavy atom. The molecule has 0 radical (unpaired) electrons. The van der Waals surface area contributed by atoms with Gasteiger partial charge in [-0.25, -0.2) is 0 Å². The van der Waals surface area contributed by atoms with Crippen molar-refractivity contribution in [3.8, 4) is 5.75 Å². The first kappa shape index (κ1) is 14.2. The zero-order chi connectivity index (χ0) is 13.5. The zero-order valence-electron chi connectivity index (χ0n) is 12.4. The molecule has 1 heterocycles. The fourth-order valence-electron chi connectivity index (χ4n) is 2.69. The van der Waals surface area contributed by atoms with Crippen molar-refractivity contribution in [2.45, 2.75) is 64.8 Å².